The fourth-order valence-electron chi connectivity index (χ4n) is 2.80. The van der Waals surface area contributed by atoms with Crippen LogP contribution in [0, 0.1) is 13.8 Å². The lowest BCUT2D eigenvalue weighted by atomic mass is 10.2. The third kappa shape index (κ3) is 4.41. The van der Waals surface area contributed by atoms with Crippen LogP contribution in [0.1, 0.15) is 11.5 Å². The Kier molecular flexibility index (Phi) is 5.48. The van der Waals surface area contributed by atoms with Gasteiger partial charge in [-0.2, -0.15) is 5.10 Å². The van der Waals surface area contributed by atoms with Gasteiger partial charge in [0.2, 0.25) is 5.91 Å². The van der Waals surface area contributed by atoms with Gasteiger partial charge < -0.3 is 9.73 Å². The zero-order chi connectivity index (χ0) is 20.2. The molecule has 2 aromatic carbocycles. The quantitative estimate of drug-likeness (QED) is 0.464. The highest BCUT2D eigenvalue weighted by Gasteiger charge is 2.15. The highest BCUT2D eigenvalue weighted by atomic mass is 32.2. The molecule has 0 aliphatic rings. The zero-order valence-corrected chi connectivity index (χ0v) is 16.9. The summed E-state index contributed by atoms with van der Waals surface area (Å²) in [7, 11) is 0. The van der Waals surface area contributed by atoms with Gasteiger partial charge in [-0.15, -0.1) is 0 Å². The van der Waals surface area contributed by atoms with Crippen LogP contribution in [0.4, 0.5) is 5.82 Å². The van der Waals surface area contributed by atoms with Crippen LogP contribution in [0.2, 0.25) is 0 Å². The Morgan fingerprint density at radius 2 is 1.76 bits per heavy atom. The van der Waals surface area contributed by atoms with Gasteiger partial charge in [0.25, 0.3) is 5.22 Å². The van der Waals surface area contributed by atoms with Crippen molar-refractivity contribution in [3.63, 3.8) is 0 Å². The maximum atomic E-state index is 12.6. The van der Waals surface area contributed by atoms with E-state index in [4.69, 9.17) is 9.52 Å². The Balaban J connectivity index is 1.56. The molecule has 0 radical (unpaired) electrons. The van der Waals surface area contributed by atoms with Gasteiger partial charge in [-0.05, 0) is 26.0 Å². The third-order valence-corrected chi connectivity index (χ3v) is 5.21. The molecule has 4 rings (SSSR count). The van der Waals surface area contributed by atoms with Crippen molar-refractivity contribution in [1.29, 1.82) is 0 Å². The largest absolute Gasteiger partial charge is 0.437 e. The Morgan fingerprint density at radius 3 is 2.41 bits per heavy atom. The number of aryl methyl sites for hydroxylation is 2. The summed E-state index contributed by atoms with van der Waals surface area (Å²) < 4.78 is 7.26. The van der Waals surface area contributed by atoms with E-state index in [0.717, 1.165) is 28.4 Å². The number of nitrogens with zero attached hydrogens (tertiary/aromatic N) is 3. The summed E-state index contributed by atoms with van der Waals surface area (Å²) in [6, 6.07) is 21.5. The fourth-order valence-corrected chi connectivity index (χ4v) is 3.51. The summed E-state index contributed by atoms with van der Waals surface area (Å²) in [5.41, 5.74) is 3.48. The fraction of sp³-hybridized carbons (Fsp3) is 0.136. The molecule has 146 valence electrons. The number of oxazole rings is 1. The molecule has 2 heterocycles. The number of benzene rings is 2. The average molecular weight is 404 g/mol. The number of carbonyl (C=O) groups excluding carboxylic acids is 1. The van der Waals surface area contributed by atoms with E-state index in [1.165, 1.54) is 11.8 Å². The van der Waals surface area contributed by atoms with Gasteiger partial charge in [0, 0.05) is 11.6 Å². The molecular formula is C22H20N4O2S. The summed E-state index contributed by atoms with van der Waals surface area (Å²) >= 11 is 1.27. The lowest BCUT2D eigenvalue weighted by molar-refractivity contribution is -0.113. The molecule has 29 heavy (non-hydrogen) atoms. The molecule has 0 saturated heterocycles. The number of rotatable bonds is 6. The second-order valence-corrected chi connectivity index (χ2v) is 7.41. The lowest BCUT2D eigenvalue weighted by Gasteiger charge is -2.08. The minimum Gasteiger partial charge on any atom is -0.437 e. The van der Waals surface area contributed by atoms with E-state index >= 15 is 0 Å². The first-order valence-electron chi connectivity index (χ1n) is 9.18. The van der Waals surface area contributed by atoms with Gasteiger partial charge in [0.1, 0.15) is 11.6 Å². The van der Waals surface area contributed by atoms with E-state index in [0.29, 0.717) is 11.0 Å². The van der Waals surface area contributed by atoms with Crippen molar-refractivity contribution in [3.8, 4) is 16.9 Å². The third-order valence-electron chi connectivity index (χ3n) is 4.38. The number of carbonyl (C=O) groups is 1. The number of amides is 1. The molecule has 0 aliphatic heterocycles. The first-order chi connectivity index (χ1) is 14.1. The Labute approximate surface area is 173 Å². The summed E-state index contributed by atoms with van der Waals surface area (Å²) in [4.78, 5) is 16.9. The molecule has 1 amide bonds. The molecule has 0 atom stereocenters. The number of nitrogens with one attached hydrogen (secondary N) is 1. The number of thioether (sulfide) groups is 1. The monoisotopic (exact) mass is 404 g/mol. The first-order valence-corrected chi connectivity index (χ1v) is 10.2. The number of para-hydroxylation sites is 1. The zero-order valence-electron chi connectivity index (χ0n) is 16.1. The normalized spacial score (nSPS) is 10.8. The Bertz CT molecular complexity index is 1100. The minimum absolute atomic E-state index is 0.153. The number of hydrogen-bond acceptors (Lipinski definition) is 5. The summed E-state index contributed by atoms with van der Waals surface area (Å²) in [5.74, 6) is 1.42. The smallest absolute Gasteiger partial charge is 0.256 e. The van der Waals surface area contributed by atoms with Crippen molar-refractivity contribution in [3.05, 3.63) is 78.2 Å². The first kappa shape index (κ1) is 19.0. The van der Waals surface area contributed by atoms with Gasteiger partial charge in [0.15, 0.2) is 0 Å². The highest BCUT2D eigenvalue weighted by Crippen LogP contribution is 2.25. The van der Waals surface area contributed by atoms with E-state index in [1.54, 1.807) is 4.68 Å². The van der Waals surface area contributed by atoms with Crippen molar-refractivity contribution in [2.45, 2.75) is 19.1 Å². The molecule has 0 saturated carbocycles. The van der Waals surface area contributed by atoms with Crippen LogP contribution in [0.15, 0.2) is 76.4 Å². The van der Waals surface area contributed by atoms with Crippen LogP contribution in [-0.4, -0.2) is 26.4 Å². The molecule has 1 N–H and O–H groups in total. The molecule has 0 aliphatic carbocycles. The Hall–Kier alpha value is -3.32. The highest BCUT2D eigenvalue weighted by molar-refractivity contribution is 7.99. The molecule has 6 nitrogen and oxygen atoms in total. The van der Waals surface area contributed by atoms with Crippen LogP contribution >= 0.6 is 11.8 Å². The maximum absolute atomic E-state index is 12.6. The molecule has 4 aromatic rings. The van der Waals surface area contributed by atoms with Gasteiger partial charge >= 0.3 is 0 Å². The van der Waals surface area contributed by atoms with Crippen LogP contribution in [-0.2, 0) is 4.79 Å². The minimum atomic E-state index is -0.153. The number of aromatic nitrogens is 3. The molecule has 0 spiro atoms. The van der Waals surface area contributed by atoms with E-state index in [2.05, 4.69) is 10.3 Å². The van der Waals surface area contributed by atoms with Gasteiger partial charge in [-0.3, -0.25) is 4.79 Å². The van der Waals surface area contributed by atoms with Crippen molar-refractivity contribution < 1.29 is 9.21 Å². The Morgan fingerprint density at radius 1 is 1.07 bits per heavy atom. The molecular weight excluding hydrogens is 384 g/mol. The standard InChI is InChI=1S/C22H20N4O2S/c1-15-16(2)28-22(23-15)29-14-21(27)24-20-13-19(17-9-5-3-6-10-17)25-26(20)18-11-7-4-8-12-18/h3-13H,14H2,1-2H3,(H,24,27). The summed E-state index contributed by atoms with van der Waals surface area (Å²) in [6.45, 7) is 3.74. The SMILES string of the molecule is Cc1nc(SCC(=O)Nc2cc(-c3ccccc3)nn2-c2ccccc2)oc1C. The lowest BCUT2D eigenvalue weighted by Crippen LogP contribution is -2.16. The number of hydrogen-bond donors (Lipinski definition) is 1. The maximum Gasteiger partial charge on any atom is 0.256 e. The summed E-state index contributed by atoms with van der Waals surface area (Å²) in [6.07, 6.45) is 0. The van der Waals surface area contributed by atoms with Crippen molar-refractivity contribution in [1.82, 2.24) is 14.8 Å². The summed E-state index contributed by atoms with van der Waals surface area (Å²) in [5, 5.41) is 8.16. The van der Waals surface area contributed by atoms with E-state index in [1.807, 2.05) is 80.6 Å². The molecule has 0 fully saturated rings. The molecule has 0 bridgehead atoms. The predicted octanol–water partition coefficient (Wildman–Crippen LogP) is 4.87. The van der Waals surface area contributed by atoms with E-state index in [-0.39, 0.29) is 11.7 Å². The van der Waals surface area contributed by atoms with Crippen molar-refractivity contribution in [2.75, 3.05) is 11.1 Å². The van der Waals surface area contributed by atoms with Gasteiger partial charge in [0.05, 0.1) is 22.8 Å². The van der Waals surface area contributed by atoms with Crippen molar-refractivity contribution >= 4 is 23.5 Å². The molecule has 0 unspecified atom stereocenters. The van der Waals surface area contributed by atoms with Gasteiger partial charge in [-0.1, -0.05) is 60.3 Å². The molecule has 2 aromatic heterocycles. The van der Waals surface area contributed by atoms with Crippen LogP contribution in [0.25, 0.3) is 16.9 Å². The van der Waals surface area contributed by atoms with Crippen LogP contribution < -0.4 is 5.32 Å². The average Bonchev–Trinajstić information content (AvgIpc) is 3.31. The topological polar surface area (TPSA) is 73.0 Å². The van der Waals surface area contributed by atoms with E-state index < -0.39 is 0 Å². The van der Waals surface area contributed by atoms with Gasteiger partial charge in [-0.25, -0.2) is 9.67 Å². The second kappa shape index (κ2) is 8.36. The second-order valence-electron chi connectivity index (χ2n) is 6.49. The predicted molar refractivity (Wildman–Crippen MR) is 114 cm³/mol. The van der Waals surface area contributed by atoms with Crippen molar-refractivity contribution in [2.24, 2.45) is 0 Å². The van der Waals surface area contributed by atoms with Crippen LogP contribution in [0.5, 0.6) is 0 Å². The number of anilines is 1. The van der Waals surface area contributed by atoms with Crippen LogP contribution in [0.3, 0.4) is 0 Å². The molecule has 7 heteroatoms. The van der Waals surface area contributed by atoms with E-state index in [9.17, 15) is 4.79 Å².